The molecule has 1 aliphatic carbocycles. The van der Waals surface area contributed by atoms with Crippen LogP contribution in [0.4, 0.5) is 11.4 Å². The second-order valence-electron chi connectivity index (χ2n) is 7.27. The zero-order chi connectivity index (χ0) is 19.2. The third-order valence-corrected chi connectivity index (χ3v) is 6.43. The van der Waals surface area contributed by atoms with E-state index < -0.39 is 14.8 Å². The Bertz CT molecular complexity index is 975. The van der Waals surface area contributed by atoms with Crippen molar-refractivity contribution >= 4 is 21.2 Å². The Morgan fingerprint density at radius 1 is 1.19 bits per heavy atom. The second kappa shape index (κ2) is 6.59. The van der Waals surface area contributed by atoms with Crippen molar-refractivity contribution < 1.29 is 13.3 Å². The Balaban J connectivity index is 1.53. The lowest BCUT2D eigenvalue weighted by Crippen LogP contribution is -2.33. The maximum Gasteiger partial charge on any atom is 0.288 e. The summed E-state index contributed by atoms with van der Waals surface area (Å²) in [6, 6.07) is 4.86. The number of hydrogen-bond acceptors (Lipinski definition) is 7. The van der Waals surface area contributed by atoms with E-state index in [9.17, 15) is 18.5 Å². The van der Waals surface area contributed by atoms with E-state index in [1.165, 1.54) is 25.0 Å². The molecule has 9 nitrogen and oxygen atoms in total. The first kappa shape index (κ1) is 17.9. The molecular formula is C17H21N5O4S. The molecular weight excluding hydrogens is 370 g/mol. The van der Waals surface area contributed by atoms with Gasteiger partial charge in [0, 0.05) is 43.1 Å². The Kier molecular flexibility index (Phi) is 4.37. The lowest BCUT2D eigenvalue weighted by atomic mass is 9.95. The quantitative estimate of drug-likeness (QED) is 0.568. The van der Waals surface area contributed by atoms with Crippen molar-refractivity contribution in [3.05, 3.63) is 40.5 Å². The molecule has 1 aromatic carbocycles. The van der Waals surface area contributed by atoms with E-state index >= 15 is 0 Å². The Hall–Kier alpha value is -2.49. The Labute approximate surface area is 157 Å². The molecule has 0 atom stereocenters. The van der Waals surface area contributed by atoms with Gasteiger partial charge in [-0.15, -0.1) is 10.2 Å². The molecule has 144 valence electrons. The van der Waals surface area contributed by atoms with Gasteiger partial charge in [0.25, 0.3) is 5.69 Å². The van der Waals surface area contributed by atoms with Crippen LogP contribution in [0, 0.1) is 10.1 Å². The molecule has 0 spiro atoms. The number of nitro benzene ring substituents is 1. The second-order valence-corrected chi connectivity index (χ2v) is 9.25. The first-order valence-electron chi connectivity index (χ1n) is 8.97. The van der Waals surface area contributed by atoms with E-state index in [0.29, 0.717) is 17.6 Å². The molecule has 2 aliphatic rings. The number of piperidine rings is 1. The van der Waals surface area contributed by atoms with E-state index in [1.54, 1.807) is 6.07 Å². The maximum absolute atomic E-state index is 12.0. The fourth-order valence-corrected chi connectivity index (χ4v) is 4.58. The molecule has 1 aliphatic heterocycles. The lowest BCUT2D eigenvalue weighted by molar-refractivity contribution is -0.387. The molecule has 0 amide bonds. The molecule has 1 saturated carbocycles. The fraction of sp³-hybridized carbons (Fsp3) is 0.529. The van der Waals surface area contributed by atoms with Crippen molar-refractivity contribution in [2.75, 3.05) is 24.2 Å². The molecule has 0 bridgehead atoms. The summed E-state index contributed by atoms with van der Waals surface area (Å²) in [7, 11) is -3.68. The minimum atomic E-state index is -3.68. The van der Waals surface area contributed by atoms with Gasteiger partial charge in [-0.1, -0.05) is 0 Å². The number of nitro groups is 1. The number of sulfone groups is 1. The maximum atomic E-state index is 12.0. The van der Waals surface area contributed by atoms with E-state index in [2.05, 4.69) is 19.7 Å². The van der Waals surface area contributed by atoms with Gasteiger partial charge in [-0.3, -0.25) is 10.1 Å². The predicted octanol–water partition coefficient (Wildman–Crippen LogP) is 2.31. The molecule has 2 fully saturated rings. The molecule has 1 aromatic heterocycles. The highest BCUT2D eigenvalue weighted by atomic mass is 32.2. The summed E-state index contributed by atoms with van der Waals surface area (Å²) < 4.78 is 26.1. The topological polar surface area (TPSA) is 111 Å². The van der Waals surface area contributed by atoms with Crippen LogP contribution in [-0.4, -0.2) is 47.5 Å². The SMILES string of the molecule is CS(=O)(=O)c1cc(N2CCC(c3nncn3C3CC3)CC2)ccc1[N+](=O)[O-]. The molecule has 0 radical (unpaired) electrons. The normalized spacial score (nSPS) is 18.6. The number of benzene rings is 1. The minimum Gasteiger partial charge on any atom is -0.371 e. The third-order valence-electron chi connectivity index (χ3n) is 5.31. The van der Waals surface area contributed by atoms with E-state index in [4.69, 9.17) is 0 Å². The largest absolute Gasteiger partial charge is 0.371 e. The third kappa shape index (κ3) is 3.53. The summed E-state index contributed by atoms with van der Waals surface area (Å²) in [4.78, 5) is 12.3. The van der Waals surface area contributed by atoms with Crippen molar-refractivity contribution in [2.45, 2.75) is 42.5 Å². The number of nitrogens with zero attached hydrogens (tertiary/aromatic N) is 5. The van der Waals surface area contributed by atoms with Crippen LogP contribution in [-0.2, 0) is 9.84 Å². The molecule has 27 heavy (non-hydrogen) atoms. The molecule has 0 N–H and O–H groups in total. The number of hydrogen-bond donors (Lipinski definition) is 0. The number of aromatic nitrogens is 3. The van der Waals surface area contributed by atoms with Gasteiger partial charge in [0.1, 0.15) is 17.0 Å². The first-order valence-corrected chi connectivity index (χ1v) is 10.9. The highest BCUT2D eigenvalue weighted by Gasteiger charge is 2.31. The van der Waals surface area contributed by atoms with Crippen molar-refractivity contribution in [1.82, 2.24) is 14.8 Å². The van der Waals surface area contributed by atoms with Gasteiger partial charge in [0.15, 0.2) is 9.84 Å². The van der Waals surface area contributed by atoms with Crippen molar-refractivity contribution in [3.8, 4) is 0 Å². The van der Waals surface area contributed by atoms with Gasteiger partial charge in [-0.2, -0.15) is 0 Å². The van der Waals surface area contributed by atoms with Gasteiger partial charge in [0.05, 0.1) is 4.92 Å². The number of anilines is 1. The molecule has 2 heterocycles. The standard InChI is InChI=1S/C17H21N5O4S/c1-27(25,26)16-10-14(4-5-15(16)22(23)24)20-8-6-12(7-9-20)17-19-18-11-21(17)13-2-3-13/h4-5,10-13H,2-3,6-9H2,1H3. The molecule has 2 aromatic rings. The van der Waals surface area contributed by atoms with Crippen LogP contribution in [0.5, 0.6) is 0 Å². The van der Waals surface area contributed by atoms with Crippen LogP contribution in [0.15, 0.2) is 29.4 Å². The minimum absolute atomic E-state index is 0.236. The van der Waals surface area contributed by atoms with Gasteiger partial charge in [-0.05, 0) is 37.8 Å². The molecule has 4 rings (SSSR count). The average Bonchev–Trinajstić information content (AvgIpc) is 3.37. The smallest absolute Gasteiger partial charge is 0.288 e. The summed E-state index contributed by atoms with van der Waals surface area (Å²) in [6.45, 7) is 1.48. The zero-order valence-corrected chi connectivity index (χ0v) is 15.8. The summed E-state index contributed by atoms with van der Waals surface area (Å²) >= 11 is 0. The summed E-state index contributed by atoms with van der Waals surface area (Å²) in [5.74, 6) is 1.37. The molecule has 10 heteroatoms. The lowest BCUT2D eigenvalue weighted by Gasteiger charge is -2.33. The number of rotatable bonds is 5. The fourth-order valence-electron chi connectivity index (χ4n) is 3.72. The van der Waals surface area contributed by atoms with Crippen LogP contribution >= 0.6 is 0 Å². The summed E-state index contributed by atoms with van der Waals surface area (Å²) in [5.41, 5.74) is 0.316. The highest BCUT2D eigenvalue weighted by molar-refractivity contribution is 7.90. The van der Waals surface area contributed by atoms with E-state index in [1.807, 2.05) is 6.33 Å². The van der Waals surface area contributed by atoms with Gasteiger partial charge < -0.3 is 9.47 Å². The van der Waals surface area contributed by atoms with E-state index in [0.717, 1.165) is 38.0 Å². The molecule has 0 unspecified atom stereocenters. The van der Waals surface area contributed by atoms with Crippen molar-refractivity contribution in [2.24, 2.45) is 0 Å². The van der Waals surface area contributed by atoms with Gasteiger partial charge in [0.2, 0.25) is 0 Å². The van der Waals surface area contributed by atoms with Crippen LogP contribution in [0.3, 0.4) is 0 Å². The first-order chi connectivity index (χ1) is 12.8. The van der Waals surface area contributed by atoms with Crippen molar-refractivity contribution in [1.29, 1.82) is 0 Å². The summed E-state index contributed by atoms with van der Waals surface area (Å²) in [5, 5.41) is 19.5. The zero-order valence-electron chi connectivity index (χ0n) is 15.0. The van der Waals surface area contributed by atoms with Crippen LogP contribution in [0.25, 0.3) is 0 Å². The summed E-state index contributed by atoms with van der Waals surface area (Å²) in [6.07, 6.45) is 6.94. The monoisotopic (exact) mass is 391 g/mol. The highest BCUT2D eigenvalue weighted by Crippen LogP contribution is 2.39. The van der Waals surface area contributed by atoms with E-state index in [-0.39, 0.29) is 10.6 Å². The van der Waals surface area contributed by atoms with Crippen LogP contribution < -0.4 is 4.90 Å². The van der Waals surface area contributed by atoms with Gasteiger partial charge >= 0.3 is 0 Å². The average molecular weight is 391 g/mol. The van der Waals surface area contributed by atoms with Crippen LogP contribution in [0.2, 0.25) is 0 Å². The Morgan fingerprint density at radius 2 is 1.89 bits per heavy atom. The predicted molar refractivity (Wildman–Crippen MR) is 98.7 cm³/mol. The Morgan fingerprint density at radius 3 is 2.48 bits per heavy atom. The van der Waals surface area contributed by atoms with Crippen LogP contribution in [0.1, 0.15) is 43.5 Å². The van der Waals surface area contributed by atoms with Gasteiger partial charge in [-0.25, -0.2) is 8.42 Å². The molecule has 1 saturated heterocycles. The van der Waals surface area contributed by atoms with Crippen molar-refractivity contribution in [3.63, 3.8) is 0 Å².